The van der Waals surface area contributed by atoms with Crippen molar-refractivity contribution in [1.29, 1.82) is 0 Å². The van der Waals surface area contributed by atoms with Crippen LogP contribution < -0.4 is 10.1 Å². The Morgan fingerprint density at radius 2 is 2.40 bits per heavy atom. The second kappa shape index (κ2) is 3.84. The molecule has 1 aromatic rings. The molecule has 15 heavy (non-hydrogen) atoms. The van der Waals surface area contributed by atoms with E-state index >= 15 is 0 Å². The number of carbonyl (C=O) groups excluding carboxylic acids is 1. The number of hydrogen-bond donors (Lipinski definition) is 1. The summed E-state index contributed by atoms with van der Waals surface area (Å²) in [7, 11) is 1.49. The zero-order valence-corrected chi connectivity index (χ0v) is 8.29. The van der Waals surface area contributed by atoms with E-state index < -0.39 is 5.82 Å². The molecule has 1 N–H and O–H groups in total. The van der Waals surface area contributed by atoms with Crippen molar-refractivity contribution < 1.29 is 13.9 Å². The van der Waals surface area contributed by atoms with Gasteiger partial charge >= 0.3 is 0 Å². The second-order valence-electron chi connectivity index (χ2n) is 3.40. The Morgan fingerprint density at radius 1 is 1.67 bits per heavy atom. The predicted molar refractivity (Wildman–Crippen MR) is 51.2 cm³/mol. The first-order chi connectivity index (χ1) is 7.20. The number of halogens is 1. The lowest BCUT2D eigenvalue weighted by Gasteiger charge is -2.08. The quantitative estimate of drug-likeness (QED) is 0.813. The Labute approximate surface area is 86.5 Å². The van der Waals surface area contributed by atoms with E-state index in [1.165, 1.54) is 13.1 Å². The van der Waals surface area contributed by atoms with E-state index in [1.807, 2.05) is 0 Å². The average molecular weight is 210 g/mol. The molecular formula is C10H11FN2O2. The zero-order valence-electron chi connectivity index (χ0n) is 8.29. The Morgan fingerprint density at radius 3 is 3.00 bits per heavy atom. The summed E-state index contributed by atoms with van der Waals surface area (Å²) in [5.41, 5.74) is 0.130. The van der Waals surface area contributed by atoms with Crippen molar-refractivity contribution in [2.45, 2.75) is 18.9 Å². The monoisotopic (exact) mass is 210 g/mol. The summed E-state index contributed by atoms with van der Waals surface area (Å²) in [5, 5.41) is 2.43. The van der Waals surface area contributed by atoms with Crippen molar-refractivity contribution in [3.8, 4) is 5.75 Å². The summed E-state index contributed by atoms with van der Waals surface area (Å²) >= 11 is 0. The molecule has 0 spiro atoms. The molecule has 5 heteroatoms. The first-order valence-electron chi connectivity index (χ1n) is 4.75. The van der Waals surface area contributed by atoms with Crippen molar-refractivity contribution >= 4 is 5.91 Å². The van der Waals surface area contributed by atoms with Crippen molar-refractivity contribution in [3.05, 3.63) is 23.8 Å². The van der Waals surface area contributed by atoms with Crippen LogP contribution in [-0.4, -0.2) is 24.0 Å². The molecular weight excluding hydrogens is 199 g/mol. The molecule has 0 saturated heterocycles. The smallest absolute Gasteiger partial charge is 0.273 e. The number of ether oxygens (including phenoxy) is 1. The zero-order chi connectivity index (χ0) is 10.8. The van der Waals surface area contributed by atoms with Crippen LogP contribution in [0.2, 0.25) is 0 Å². The van der Waals surface area contributed by atoms with Crippen LogP contribution in [0.5, 0.6) is 5.75 Å². The molecule has 0 aliphatic heterocycles. The Hall–Kier alpha value is -1.65. The molecule has 4 nitrogen and oxygen atoms in total. The van der Waals surface area contributed by atoms with Crippen LogP contribution in [0, 0.1) is 5.82 Å². The van der Waals surface area contributed by atoms with Crippen LogP contribution in [-0.2, 0) is 0 Å². The van der Waals surface area contributed by atoms with Gasteiger partial charge in [-0.2, -0.15) is 0 Å². The number of amides is 1. The highest BCUT2D eigenvalue weighted by atomic mass is 19.1. The third-order valence-corrected chi connectivity index (χ3v) is 2.08. The van der Waals surface area contributed by atoms with Crippen LogP contribution in [0.1, 0.15) is 23.3 Å². The number of pyridine rings is 1. The van der Waals surface area contributed by atoms with Crippen LogP contribution in [0.15, 0.2) is 12.3 Å². The average Bonchev–Trinajstić information content (AvgIpc) is 3.01. The van der Waals surface area contributed by atoms with Gasteiger partial charge in [0.25, 0.3) is 5.91 Å². The number of aromatic nitrogens is 1. The summed E-state index contributed by atoms with van der Waals surface area (Å²) in [6.07, 6.45) is 3.01. The van der Waals surface area contributed by atoms with Crippen molar-refractivity contribution in [3.63, 3.8) is 0 Å². The maximum Gasteiger partial charge on any atom is 0.273 e. The van der Waals surface area contributed by atoms with E-state index in [2.05, 4.69) is 10.3 Å². The minimum absolute atomic E-state index is 0.108. The summed E-state index contributed by atoms with van der Waals surface area (Å²) in [6, 6.07) is 1.19. The third kappa shape index (κ3) is 2.23. The van der Waals surface area contributed by atoms with Gasteiger partial charge in [0.1, 0.15) is 5.82 Å². The van der Waals surface area contributed by atoms with Gasteiger partial charge < -0.3 is 10.1 Å². The molecule has 1 amide bonds. The third-order valence-electron chi connectivity index (χ3n) is 2.08. The molecule has 0 bridgehead atoms. The molecule has 80 valence electrons. The van der Waals surface area contributed by atoms with Crippen LogP contribution in [0.25, 0.3) is 0 Å². The summed E-state index contributed by atoms with van der Waals surface area (Å²) in [6.45, 7) is 0. The molecule has 0 atom stereocenters. The molecule has 1 aliphatic rings. The number of carbonyl (C=O) groups is 1. The molecule has 0 unspecified atom stereocenters. The van der Waals surface area contributed by atoms with E-state index in [1.54, 1.807) is 0 Å². The highest BCUT2D eigenvalue weighted by molar-refractivity contribution is 5.94. The number of nitrogens with one attached hydrogen (secondary N) is 1. The fraction of sp³-hybridized carbons (Fsp3) is 0.400. The molecule has 2 rings (SSSR count). The maximum absolute atomic E-state index is 12.9. The van der Waals surface area contributed by atoms with Gasteiger partial charge in [-0.3, -0.25) is 4.79 Å². The van der Waals surface area contributed by atoms with Crippen molar-refractivity contribution in [1.82, 2.24) is 10.3 Å². The van der Waals surface area contributed by atoms with Gasteiger partial charge in [-0.15, -0.1) is 0 Å². The standard InChI is InChI=1S/C10H11FN2O2/c1-12-10(14)9-8(15-7-2-3-7)4-6(11)5-13-9/h4-5,7H,2-3H2,1H3,(H,12,14). The molecule has 1 aromatic heterocycles. The maximum atomic E-state index is 12.9. The van der Waals surface area contributed by atoms with Crippen molar-refractivity contribution in [2.75, 3.05) is 7.05 Å². The van der Waals surface area contributed by atoms with Crippen LogP contribution >= 0.6 is 0 Å². The minimum Gasteiger partial charge on any atom is -0.488 e. The molecule has 1 heterocycles. The number of nitrogens with zero attached hydrogens (tertiary/aromatic N) is 1. The van der Waals surface area contributed by atoms with E-state index in [9.17, 15) is 9.18 Å². The van der Waals surface area contributed by atoms with Gasteiger partial charge in [0, 0.05) is 13.1 Å². The predicted octanol–water partition coefficient (Wildman–Crippen LogP) is 1.12. The summed E-state index contributed by atoms with van der Waals surface area (Å²) in [5.74, 6) is -0.652. The SMILES string of the molecule is CNC(=O)c1ncc(F)cc1OC1CC1. The Bertz CT molecular complexity index is 391. The number of hydrogen-bond acceptors (Lipinski definition) is 3. The first-order valence-corrected chi connectivity index (χ1v) is 4.75. The molecule has 0 aromatic carbocycles. The Balaban J connectivity index is 2.29. The van der Waals surface area contributed by atoms with Crippen molar-refractivity contribution in [2.24, 2.45) is 0 Å². The Kier molecular flexibility index (Phi) is 2.53. The van der Waals surface area contributed by atoms with E-state index in [0.29, 0.717) is 0 Å². The van der Waals surface area contributed by atoms with Gasteiger partial charge in [0.15, 0.2) is 11.4 Å². The molecule has 1 saturated carbocycles. The van der Waals surface area contributed by atoms with Gasteiger partial charge in [0.05, 0.1) is 12.3 Å². The highest BCUT2D eigenvalue weighted by Crippen LogP contribution is 2.28. The molecule has 0 radical (unpaired) electrons. The van der Waals surface area contributed by atoms with Gasteiger partial charge in [-0.25, -0.2) is 9.37 Å². The van der Waals surface area contributed by atoms with E-state index in [-0.39, 0.29) is 23.5 Å². The van der Waals surface area contributed by atoms with E-state index in [4.69, 9.17) is 4.74 Å². The molecule has 1 aliphatic carbocycles. The summed E-state index contributed by atoms with van der Waals surface area (Å²) < 4.78 is 18.3. The lowest BCUT2D eigenvalue weighted by molar-refractivity contribution is 0.0953. The summed E-state index contributed by atoms with van der Waals surface area (Å²) in [4.78, 5) is 15.1. The largest absolute Gasteiger partial charge is 0.488 e. The lowest BCUT2D eigenvalue weighted by atomic mass is 10.3. The van der Waals surface area contributed by atoms with Crippen LogP contribution in [0.4, 0.5) is 4.39 Å². The van der Waals surface area contributed by atoms with Gasteiger partial charge in [0.2, 0.25) is 0 Å². The van der Waals surface area contributed by atoms with Gasteiger partial charge in [-0.05, 0) is 12.8 Å². The fourth-order valence-corrected chi connectivity index (χ4v) is 1.16. The van der Waals surface area contributed by atoms with Gasteiger partial charge in [-0.1, -0.05) is 0 Å². The lowest BCUT2D eigenvalue weighted by Crippen LogP contribution is -2.20. The minimum atomic E-state index is -0.502. The highest BCUT2D eigenvalue weighted by Gasteiger charge is 2.26. The normalized spacial score (nSPS) is 14.8. The molecule has 1 fully saturated rings. The van der Waals surface area contributed by atoms with E-state index in [0.717, 1.165) is 19.0 Å². The van der Waals surface area contributed by atoms with Crippen LogP contribution in [0.3, 0.4) is 0 Å². The second-order valence-corrected chi connectivity index (χ2v) is 3.40. The number of rotatable bonds is 3. The topological polar surface area (TPSA) is 51.2 Å². The fourth-order valence-electron chi connectivity index (χ4n) is 1.16. The first kappa shape index (κ1) is 9.89.